The van der Waals surface area contributed by atoms with E-state index in [0.717, 1.165) is 11.3 Å². The molecule has 1 amide bonds. The monoisotopic (exact) mass is 257 g/mol. The number of benzene rings is 1. The van der Waals surface area contributed by atoms with Gasteiger partial charge >= 0.3 is 5.97 Å². The van der Waals surface area contributed by atoms with Crippen molar-refractivity contribution in [3.63, 3.8) is 0 Å². The van der Waals surface area contributed by atoms with Gasteiger partial charge in [0.2, 0.25) is 0 Å². The Morgan fingerprint density at radius 1 is 1.47 bits per heavy atom. The maximum Gasteiger partial charge on any atom is 0.338 e. The van der Waals surface area contributed by atoms with Gasteiger partial charge in [-0.2, -0.15) is 5.11 Å². The van der Waals surface area contributed by atoms with Crippen LogP contribution in [-0.2, 0) is 9.53 Å². The van der Waals surface area contributed by atoms with E-state index in [4.69, 9.17) is 4.74 Å². The molecule has 19 heavy (non-hydrogen) atoms. The summed E-state index contributed by atoms with van der Waals surface area (Å²) in [6.45, 7) is 2.09. The lowest BCUT2D eigenvalue weighted by atomic mass is 9.95. The van der Waals surface area contributed by atoms with Crippen LogP contribution in [-0.4, -0.2) is 18.5 Å². The van der Waals surface area contributed by atoms with Crippen LogP contribution >= 0.6 is 0 Å². The highest BCUT2D eigenvalue weighted by Gasteiger charge is 2.32. The minimum absolute atomic E-state index is 0.322. The molecule has 0 spiro atoms. The Bertz CT molecular complexity index is 634. The summed E-state index contributed by atoms with van der Waals surface area (Å²) >= 11 is 0. The second-order valence-electron chi connectivity index (χ2n) is 4.19. The first kappa shape index (κ1) is 11.6. The summed E-state index contributed by atoms with van der Waals surface area (Å²) in [6.07, 6.45) is 1.59. The molecule has 1 N–H and O–H groups in total. The molecule has 1 unspecified atom stereocenters. The molecule has 1 aromatic rings. The number of fused-ring (bicyclic) bond motifs is 3. The van der Waals surface area contributed by atoms with Gasteiger partial charge in [-0.15, -0.1) is 5.11 Å². The number of amides is 1. The maximum atomic E-state index is 11.6. The van der Waals surface area contributed by atoms with E-state index in [1.165, 1.54) is 0 Å². The summed E-state index contributed by atoms with van der Waals surface area (Å²) in [5.74, 6) is -0.691. The van der Waals surface area contributed by atoms with E-state index < -0.39 is 0 Å². The van der Waals surface area contributed by atoms with E-state index in [9.17, 15) is 9.59 Å². The lowest BCUT2D eigenvalue weighted by Crippen LogP contribution is -2.13. The maximum absolute atomic E-state index is 11.6. The predicted molar refractivity (Wildman–Crippen MR) is 66.7 cm³/mol. The van der Waals surface area contributed by atoms with Crippen molar-refractivity contribution in [2.24, 2.45) is 10.2 Å². The number of hydrogen-bond acceptors (Lipinski definition) is 5. The highest BCUT2D eigenvalue weighted by Crippen LogP contribution is 2.39. The first-order valence-electron chi connectivity index (χ1n) is 5.93. The molecule has 1 atom stereocenters. The van der Waals surface area contributed by atoms with Gasteiger partial charge in [-0.1, -0.05) is 6.07 Å². The molecule has 0 aromatic heterocycles. The van der Waals surface area contributed by atoms with Crippen molar-refractivity contribution in [1.82, 2.24) is 0 Å². The summed E-state index contributed by atoms with van der Waals surface area (Å²) in [4.78, 5) is 23.1. The SMILES string of the molecule is CCOC(=O)c1ccc2c(c1)NC=C1C(=O)N=NC12. The number of esters is 1. The zero-order valence-electron chi connectivity index (χ0n) is 10.2. The fourth-order valence-electron chi connectivity index (χ4n) is 2.13. The van der Waals surface area contributed by atoms with Crippen molar-refractivity contribution in [1.29, 1.82) is 0 Å². The molecule has 0 radical (unpaired) electrons. The average molecular weight is 257 g/mol. The van der Waals surface area contributed by atoms with E-state index in [1.54, 1.807) is 31.3 Å². The molecule has 0 fully saturated rings. The predicted octanol–water partition coefficient (Wildman–Crippen LogP) is 2.21. The number of carbonyl (C=O) groups excluding carboxylic acids is 2. The second kappa shape index (κ2) is 4.31. The molecule has 2 aliphatic rings. The van der Waals surface area contributed by atoms with Crippen molar-refractivity contribution in [2.45, 2.75) is 13.0 Å². The molecule has 0 bridgehead atoms. The van der Waals surface area contributed by atoms with Crippen LogP contribution in [0.25, 0.3) is 0 Å². The lowest BCUT2D eigenvalue weighted by molar-refractivity contribution is -0.114. The molecule has 1 aromatic carbocycles. The fourth-order valence-corrected chi connectivity index (χ4v) is 2.13. The molecule has 3 rings (SSSR count). The number of azo groups is 1. The molecular formula is C13H11N3O3. The Labute approximate surface area is 109 Å². The van der Waals surface area contributed by atoms with Gasteiger partial charge in [0.15, 0.2) is 0 Å². The summed E-state index contributed by atoms with van der Waals surface area (Å²) in [6, 6.07) is 4.77. The lowest BCUT2D eigenvalue weighted by Gasteiger charge is -2.19. The number of carbonyl (C=O) groups is 2. The third-order valence-corrected chi connectivity index (χ3v) is 3.05. The third-order valence-electron chi connectivity index (χ3n) is 3.05. The number of anilines is 1. The number of nitrogens with one attached hydrogen (secondary N) is 1. The summed E-state index contributed by atoms with van der Waals surface area (Å²) in [5, 5.41) is 10.5. The van der Waals surface area contributed by atoms with Crippen LogP contribution in [0.15, 0.2) is 40.2 Å². The van der Waals surface area contributed by atoms with Gasteiger partial charge in [0.05, 0.1) is 17.7 Å². The molecule has 0 aliphatic carbocycles. The first-order valence-corrected chi connectivity index (χ1v) is 5.93. The first-order chi connectivity index (χ1) is 9.20. The molecule has 0 saturated heterocycles. The van der Waals surface area contributed by atoms with Crippen molar-refractivity contribution in [2.75, 3.05) is 11.9 Å². The Morgan fingerprint density at radius 3 is 3.11 bits per heavy atom. The number of rotatable bonds is 2. The molecule has 6 heteroatoms. The standard InChI is InChI=1S/C13H11N3O3/c1-2-19-13(18)7-3-4-8-10(5-7)14-6-9-11(8)15-16-12(9)17/h3-6,11,14H,2H2,1H3. The van der Waals surface area contributed by atoms with Gasteiger partial charge in [-0.25, -0.2) is 4.79 Å². The molecule has 2 aliphatic heterocycles. The van der Waals surface area contributed by atoms with Crippen molar-refractivity contribution in [3.05, 3.63) is 41.1 Å². The van der Waals surface area contributed by atoms with E-state index in [-0.39, 0.29) is 17.9 Å². The van der Waals surface area contributed by atoms with Gasteiger partial charge < -0.3 is 10.1 Å². The van der Waals surface area contributed by atoms with E-state index in [2.05, 4.69) is 15.5 Å². The summed E-state index contributed by atoms with van der Waals surface area (Å²) in [5.41, 5.74) is 2.57. The molecular weight excluding hydrogens is 246 g/mol. The van der Waals surface area contributed by atoms with Gasteiger partial charge in [0.25, 0.3) is 5.91 Å². The molecule has 2 heterocycles. The van der Waals surface area contributed by atoms with Crippen LogP contribution in [0.3, 0.4) is 0 Å². The van der Waals surface area contributed by atoms with Gasteiger partial charge in [-0.05, 0) is 19.1 Å². The highest BCUT2D eigenvalue weighted by molar-refractivity contribution is 5.99. The minimum Gasteiger partial charge on any atom is -0.462 e. The topological polar surface area (TPSA) is 80.1 Å². The second-order valence-corrected chi connectivity index (χ2v) is 4.19. The minimum atomic E-state index is -0.369. The third kappa shape index (κ3) is 1.81. The molecule has 6 nitrogen and oxygen atoms in total. The summed E-state index contributed by atoms with van der Waals surface area (Å²) < 4.78 is 4.94. The quantitative estimate of drug-likeness (QED) is 0.823. The van der Waals surface area contributed by atoms with Crippen molar-refractivity contribution < 1.29 is 14.3 Å². The smallest absolute Gasteiger partial charge is 0.338 e. The Morgan fingerprint density at radius 2 is 2.32 bits per heavy atom. The molecule has 0 saturated carbocycles. The van der Waals surface area contributed by atoms with Crippen LogP contribution in [0.4, 0.5) is 5.69 Å². The van der Waals surface area contributed by atoms with Gasteiger partial charge in [0, 0.05) is 17.5 Å². The zero-order valence-corrected chi connectivity index (χ0v) is 10.2. The van der Waals surface area contributed by atoms with Crippen molar-refractivity contribution in [3.8, 4) is 0 Å². The van der Waals surface area contributed by atoms with Gasteiger partial charge in [-0.3, -0.25) is 4.79 Å². The van der Waals surface area contributed by atoms with Gasteiger partial charge in [0.1, 0.15) is 6.04 Å². The number of nitrogens with zero attached hydrogens (tertiary/aromatic N) is 2. The van der Waals surface area contributed by atoms with E-state index in [1.807, 2.05) is 0 Å². The number of ether oxygens (including phenoxy) is 1. The summed E-state index contributed by atoms with van der Waals surface area (Å²) in [7, 11) is 0. The van der Waals surface area contributed by atoms with E-state index in [0.29, 0.717) is 17.7 Å². The zero-order chi connectivity index (χ0) is 13.4. The van der Waals surface area contributed by atoms with E-state index >= 15 is 0 Å². The number of hydrogen-bond donors (Lipinski definition) is 1. The van der Waals surface area contributed by atoms with Crippen LogP contribution in [0, 0.1) is 0 Å². The highest BCUT2D eigenvalue weighted by atomic mass is 16.5. The Kier molecular flexibility index (Phi) is 2.63. The fraction of sp³-hybridized carbons (Fsp3) is 0.231. The normalized spacial score (nSPS) is 19.3. The average Bonchev–Trinajstić information content (AvgIpc) is 2.80. The Balaban J connectivity index is 1.97. The van der Waals surface area contributed by atoms with Crippen molar-refractivity contribution >= 4 is 17.6 Å². The largest absolute Gasteiger partial charge is 0.462 e. The van der Waals surface area contributed by atoms with Crippen LogP contribution in [0.2, 0.25) is 0 Å². The van der Waals surface area contributed by atoms with Crippen LogP contribution in [0.5, 0.6) is 0 Å². The Hall–Kier alpha value is -2.50. The van der Waals surface area contributed by atoms with Crippen LogP contribution in [0.1, 0.15) is 28.9 Å². The molecule has 96 valence electrons. The van der Waals surface area contributed by atoms with Crippen LogP contribution < -0.4 is 5.32 Å².